The van der Waals surface area contributed by atoms with Gasteiger partial charge in [0.25, 0.3) is 0 Å². The minimum Gasteiger partial charge on any atom is -0.379 e. The molecule has 218 valence electrons. The minimum absolute atomic E-state index is 0.205. The van der Waals surface area contributed by atoms with E-state index in [0.29, 0.717) is 39.1 Å². The lowest BCUT2D eigenvalue weighted by molar-refractivity contribution is -0.391. The molecule has 1 aliphatic heterocycles. The number of rotatable bonds is 24. The SMILES string of the molecule is CCCCCCCCC(OC)C(OC)(OC)OC.CCO[Si](CCCOCC1CO1)(OCC)OCC. The molecular weight excluding hydrogens is 484 g/mol. The summed E-state index contributed by atoms with van der Waals surface area (Å²) in [6.45, 7) is 12.3. The summed E-state index contributed by atoms with van der Waals surface area (Å²) in [5.74, 6) is -1.09. The zero-order valence-electron chi connectivity index (χ0n) is 24.4. The molecule has 0 bridgehead atoms. The highest BCUT2D eigenvalue weighted by Crippen LogP contribution is 2.25. The minimum atomic E-state index is -2.47. The first-order chi connectivity index (χ1) is 17.5. The summed E-state index contributed by atoms with van der Waals surface area (Å²) >= 11 is 0. The third kappa shape index (κ3) is 15.3. The molecule has 0 aliphatic carbocycles. The number of hydrogen-bond acceptors (Lipinski definition) is 9. The lowest BCUT2D eigenvalue weighted by Gasteiger charge is -2.35. The normalized spacial score (nSPS) is 16.5. The summed E-state index contributed by atoms with van der Waals surface area (Å²) in [4.78, 5) is 0. The quantitative estimate of drug-likeness (QED) is 0.0711. The van der Waals surface area contributed by atoms with Crippen LogP contribution in [-0.2, 0) is 41.7 Å². The van der Waals surface area contributed by atoms with Crippen molar-refractivity contribution in [2.45, 2.75) is 103 Å². The predicted molar refractivity (Wildman–Crippen MR) is 143 cm³/mol. The lowest BCUT2D eigenvalue weighted by atomic mass is 10.1. The zero-order valence-corrected chi connectivity index (χ0v) is 25.4. The Bertz CT molecular complexity index is 451. The van der Waals surface area contributed by atoms with Crippen LogP contribution in [0.1, 0.15) is 79.1 Å². The molecule has 2 unspecified atom stereocenters. The van der Waals surface area contributed by atoms with E-state index in [1.165, 1.54) is 32.1 Å². The van der Waals surface area contributed by atoms with Crippen molar-refractivity contribution in [3.8, 4) is 0 Å². The summed E-state index contributed by atoms with van der Waals surface area (Å²) in [5.41, 5.74) is 0. The molecule has 0 aromatic heterocycles. The summed E-state index contributed by atoms with van der Waals surface area (Å²) in [5, 5.41) is 0. The fraction of sp³-hybridized carbons (Fsp3) is 1.00. The van der Waals surface area contributed by atoms with Crippen LogP contribution in [0.15, 0.2) is 0 Å². The first-order valence-electron chi connectivity index (χ1n) is 13.8. The van der Waals surface area contributed by atoms with E-state index in [1.54, 1.807) is 28.4 Å². The second-order valence-electron chi connectivity index (χ2n) is 8.61. The van der Waals surface area contributed by atoms with Crippen LogP contribution < -0.4 is 0 Å². The Labute approximate surface area is 222 Å². The van der Waals surface area contributed by atoms with Gasteiger partial charge in [-0.2, -0.15) is 0 Å². The maximum atomic E-state index is 5.76. The molecule has 0 amide bonds. The van der Waals surface area contributed by atoms with Crippen LogP contribution >= 0.6 is 0 Å². The van der Waals surface area contributed by atoms with Crippen molar-refractivity contribution in [3.63, 3.8) is 0 Å². The maximum Gasteiger partial charge on any atom is 0.501 e. The van der Waals surface area contributed by atoms with Crippen LogP contribution in [-0.4, -0.2) is 95.1 Å². The Kier molecular flexibility index (Phi) is 22.7. The van der Waals surface area contributed by atoms with Gasteiger partial charge in [-0.1, -0.05) is 45.4 Å². The largest absolute Gasteiger partial charge is 0.501 e. The van der Waals surface area contributed by atoms with Crippen molar-refractivity contribution in [3.05, 3.63) is 0 Å². The van der Waals surface area contributed by atoms with Gasteiger partial charge >= 0.3 is 14.8 Å². The van der Waals surface area contributed by atoms with Crippen molar-refractivity contribution in [1.29, 1.82) is 0 Å². The van der Waals surface area contributed by atoms with E-state index in [0.717, 1.165) is 31.9 Å². The predicted octanol–water partition coefficient (Wildman–Crippen LogP) is 5.19. The van der Waals surface area contributed by atoms with Gasteiger partial charge in [0.2, 0.25) is 0 Å². The molecule has 36 heavy (non-hydrogen) atoms. The molecule has 0 aromatic rings. The maximum absolute atomic E-state index is 5.76. The number of ether oxygens (including phenoxy) is 6. The van der Waals surface area contributed by atoms with Gasteiger partial charge in [-0.3, -0.25) is 0 Å². The van der Waals surface area contributed by atoms with Crippen LogP contribution in [0.2, 0.25) is 6.04 Å². The van der Waals surface area contributed by atoms with Gasteiger partial charge in [0.1, 0.15) is 12.2 Å². The van der Waals surface area contributed by atoms with Crippen molar-refractivity contribution in [1.82, 2.24) is 0 Å². The van der Waals surface area contributed by atoms with Gasteiger partial charge in [0.15, 0.2) is 0 Å². The van der Waals surface area contributed by atoms with Crippen molar-refractivity contribution in [2.75, 3.05) is 68.1 Å². The molecule has 1 aliphatic rings. The van der Waals surface area contributed by atoms with E-state index in [2.05, 4.69) is 6.92 Å². The van der Waals surface area contributed by atoms with Crippen LogP contribution in [0.25, 0.3) is 0 Å². The standard InChI is InChI=1S/C14H30O4.C12H26O5Si/c1-6-7-8-9-10-11-12-13(15-2)14(16-3,17-4)18-5;1-4-15-18(16-5-2,17-6-3)9-7-8-13-10-12-11-14-12/h13H,6-12H2,1-5H3;12H,4-11H2,1-3H3. The molecule has 9 nitrogen and oxygen atoms in total. The van der Waals surface area contributed by atoms with E-state index in [4.69, 9.17) is 41.7 Å². The van der Waals surface area contributed by atoms with Gasteiger partial charge in [0, 0.05) is 60.9 Å². The molecule has 0 aromatic carbocycles. The highest BCUT2D eigenvalue weighted by atomic mass is 28.4. The fourth-order valence-electron chi connectivity index (χ4n) is 3.96. The monoisotopic (exact) mass is 540 g/mol. The third-order valence-corrected chi connectivity index (χ3v) is 9.07. The molecule has 0 radical (unpaired) electrons. The second-order valence-corrected chi connectivity index (χ2v) is 11.3. The summed E-state index contributed by atoms with van der Waals surface area (Å²) in [6, 6.07) is 0.814. The Hall–Kier alpha value is -0.143. The van der Waals surface area contributed by atoms with E-state index >= 15 is 0 Å². The lowest BCUT2D eigenvalue weighted by Crippen LogP contribution is -2.48. The van der Waals surface area contributed by atoms with Crippen molar-refractivity contribution >= 4 is 8.80 Å². The first-order valence-corrected chi connectivity index (χ1v) is 15.7. The highest BCUT2D eigenvalue weighted by Gasteiger charge is 2.40. The summed E-state index contributed by atoms with van der Waals surface area (Å²) in [7, 11) is 3.90. The molecule has 0 saturated carbocycles. The van der Waals surface area contributed by atoms with Gasteiger partial charge in [-0.05, 0) is 33.6 Å². The zero-order chi connectivity index (χ0) is 27.1. The number of hydrogen-bond donors (Lipinski definition) is 0. The third-order valence-electron chi connectivity index (χ3n) is 5.92. The van der Waals surface area contributed by atoms with E-state index in [-0.39, 0.29) is 6.10 Å². The van der Waals surface area contributed by atoms with Crippen LogP contribution in [0.3, 0.4) is 0 Å². The van der Waals surface area contributed by atoms with Crippen LogP contribution in [0, 0.1) is 0 Å². The van der Waals surface area contributed by atoms with E-state index < -0.39 is 14.8 Å². The van der Waals surface area contributed by atoms with Gasteiger partial charge in [0.05, 0.1) is 13.2 Å². The molecule has 1 heterocycles. The molecular formula is C26H56O9Si. The Morgan fingerprint density at radius 1 is 0.778 bits per heavy atom. The first kappa shape index (κ1) is 35.9. The number of epoxide rings is 1. The topological polar surface area (TPSA) is 86.4 Å². The molecule has 10 heteroatoms. The van der Waals surface area contributed by atoms with E-state index in [1.807, 2.05) is 20.8 Å². The van der Waals surface area contributed by atoms with Crippen molar-refractivity contribution < 1.29 is 41.7 Å². The second kappa shape index (κ2) is 22.8. The molecule has 1 fully saturated rings. The average Bonchev–Trinajstić information content (AvgIpc) is 3.71. The summed E-state index contributed by atoms with van der Waals surface area (Å²) in [6.07, 6.45) is 9.42. The Morgan fingerprint density at radius 2 is 1.31 bits per heavy atom. The molecule has 0 N–H and O–H groups in total. The fourth-order valence-corrected chi connectivity index (χ4v) is 6.54. The molecule has 1 rings (SSSR count). The molecule has 0 spiro atoms. The summed E-state index contributed by atoms with van der Waals surface area (Å²) < 4.78 is 49.3. The van der Waals surface area contributed by atoms with Crippen LogP contribution in [0.5, 0.6) is 0 Å². The molecule has 1 saturated heterocycles. The Balaban J connectivity index is 0.000000681. The van der Waals surface area contributed by atoms with Gasteiger partial charge in [-0.15, -0.1) is 0 Å². The van der Waals surface area contributed by atoms with E-state index in [9.17, 15) is 0 Å². The van der Waals surface area contributed by atoms with Crippen molar-refractivity contribution in [2.24, 2.45) is 0 Å². The average molecular weight is 541 g/mol. The number of unbranched alkanes of at least 4 members (excludes halogenated alkanes) is 5. The smallest absolute Gasteiger partial charge is 0.379 e. The van der Waals surface area contributed by atoms with Gasteiger partial charge < -0.3 is 41.7 Å². The van der Waals surface area contributed by atoms with Crippen LogP contribution in [0.4, 0.5) is 0 Å². The molecule has 2 atom stereocenters. The number of methoxy groups -OCH3 is 4. The highest BCUT2D eigenvalue weighted by molar-refractivity contribution is 6.60. The van der Waals surface area contributed by atoms with Gasteiger partial charge in [-0.25, -0.2) is 0 Å². The Morgan fingerprint density at radius 3 is 1.75 bits per heavy atom.